The molecule has 0 N–H and O–H groups in total. The highest BCUT2D eigenvalue weighted by Gasteiger charge is 2.22. The van der Waals surface area contributed by atoms with Crippen molar-refractivity contribution in [2.75, 3.05) is 50.9 Å². The molecule has 2 heterocycles. The van der Waals surface area contributed by atoms with Gasteiger partial charge in [0, 0.05) is 32.6 Å². The van der Waals surface area contributed by atoms with E-state index in [1.807, 2.05) is 48.2 Å². The summed E-state index contributed by atoms with van der Waals surface area (Å²) in [5.41, 5.74) is 2.00. The zero-order valence-corrected chi connectivity index (χ0v) is 20.0. The summed E-state index contributed by atoms with van der Waals surface area (Å²) in [6.07, 6.45) is 1.18. The first-order valence-corrected chi connectivity index (χ1v) is 11.7. The van der Waals surface area contributed by atoms with Crippen LogP contribution in [0.15, 0.2) is 48.5 Å². The van der Waals surface area contributed by atoms with Gasteiger partial charge in [-0.3, -0.25) is 14.6 Å². The van der Waals surface area contributed by atoms with E-state index in [0.29, 0.717) is 19.6 Å². The van der Waals surface area contributed by atoms with Gasteiger partial charge in [0.2, 0.25) is 5.91 Å². The van der Waals surface area contributed by atoms with Crippen molar-refractivity contribution >= 4 is 45.0 Å². The van der Waals surface area contributed by atoms with Crippen LogP contribution < -0.4 is 9.64 Å². The van der Waals surface area contributed by atoms with Gasteiger partial charge in [-0.25, -0.2) is 4.98 Å². The number of carbonyl (C=O) groups excluding carboxylic acids is 1. The summed E-state index contributed by atoms with van der Waals surface area (Å²) in [4.78, 5) is 22.3. The van der Waals surface area contributed by atoms with Gasteiger partial charge in [0.15, 0.2) is 5.13 Å². The molecule has 32 heavy (non-hydrogen) atoms. The molecule has 0 saturated carbocycles. The third kappa shape index (κ3) is 6.19. The van der Waals surface area contributed by atoms with Crippen molar-refractivity contribution in [2.24, 2.45) is 0 Å². The minimum Gasteiger partial charge on any atom is -0.492 e. The number of aryl methyl sites for hydroxylation is 1. The number of ether oxygens (including phenoxy) is 2. The summed E-state index contributed by atoms with van der Waals surface area (Å²) < 4.78 is 12.2. The average molecular weight is 476 g/mol. The van der Waals surface area contributed by atoms with E-state index < -0.39 is 0 Å². The van der Waals surface area contributed by atoms with Gasteiger partial charge in [0.05, 0.1) is 24.5 Å². The summed E-state index contributed by atoms with van der Waals surface area (Å²) in [5.74, 6) is 0.876. The highest BCUT2D eigenvalue weighted by molar-refractivity contribution is 7.22. The maximum absolute atomic E-state index is 13.3. The highest BCUT2D eigenvalue weighted by Crippen LogP contribution is 2.34. The number of aromatic nitrogens is 1. The number of morpholine rings is 1. The summed E-state index contributed by atoms with van der Waals surface area (Å²) >= 11 is 1.55. The zero-order chi connectivity index (χ0) is 21.5. The Morgan fingerprint density at radius 1 is 1.16 bits per heavy atom. The maximum Gasteiger partial charge on any atom is 0.229 e. The van der Waals surface area contributed by atoms with E-state index in [1.54, 1.807) is 11.3 Å². The Kier molecular flexibility index (Phi) is 9.29. The van der Waals surface area contributed by atoms with Crippen molar-refractivity contribution in [3.63, 3.8) is 0 Å². The van der Waals surface area contributed by atoms with Crippen LogP contribution in [0.3, 0.4) is 0 Å². The Morgan fingerprint density at radius 3 is 2.69 bits per heavy atom. The fourth-order valence-electron chi connectivity index (χ4n) is 3.72. The van der Waals surface area contributed by atoms with Crippen LogP contribution in [0.25, 0.3) is 10.2 Å². The minimum absolute atomic E-state index is 0. The number of anilines is 1. The van der Waals surface area contributed by atoms with Crippen LogP contribution in [0, 0.1) is 0 Å². The molecule has 0 spiro atoms. The molecule has 3 aromatic rings. The van der Waals surface area contributed by atoms with Gasteiger partial charge in [0.25, 0.3) is 0 Å². The fraction of sp³-hybridized carbons (Fsp3) is 0.417. The first kappa shape index (κ1) is 24.5. The quantitative estimate of drug-likeness (QED) is 0.458. The second-order valence-electron chi connectivity index (χ2n) is 7.52. The maximum atomic E-state index is 13.3. The number of hydrogen-bond acceptors (Lipinski definition) is 6. The van der Waals surface area contributed by atoms with Crippen LogP contribution >= 0.6 is 23.7 Å². The molecule has 1 aliphatic heterocycles. The Bertz CT molecular complexity index is 993. The number of fused-ring (bicyclic) bond motifs is 1. The van der Waals surface area contributed by atoms with Crippen molar-refractivity contribution in [2.45, 2.75) is 19.8 Å². The summed E-state index contributed by atoms with van der Waals surface area (Å²) in [7, 11) is 0. The van der Waals surface area contributed by atoms with Crippen molar-refractivity contribution < 1.29 is 14.3 Å². The van der Waals surface area contributed by atoms with Crippen molar-refractivity contribution in [1.82, 2.24) is 9.88 Å². The first-order chi connectivity index (χ1) is 15.2. The monoisotopic (exact) mass is 475 g/mol. The number of para-hydroxylation sites is 1. The second-order valence-corrected chi connectivity index (χ2v) is 8.53. The lowest BCUT2D eigenvalue weighted by Crippen LogP contribution is -2.43. The molecule has 0 radical (unpaired) electrons. The van der Waals surface area contributed by atoms with E-state index in [2.05, 4.69) is 17.0 Å². The third-order valence-electron chi connectivity index (χ3n) is 5.42. The van der Waals surface area contributed by atoms with Crippen LogP contribution in [0.5, 0.6) is 5.75 Å². The van der Waals surface area contributed by atoms with Gasteiger partial charge >= 0.3 is 0 Å². The van der Waals surface area contributed by atoms with E-state index in [-0.39, 0.29) is 18.3 Å². The molecule has 0 atom stereocenters. The van der Waals surface area contributed by atoms with E-state index in [0.717, 1.165) is 60.4 Å². The van der Waals surface area contributed by atoms with Crippen molar-refractivity contribution in [3.8, 4) is 5.75 Å². The van der Waals surface area contributed by atoms with Crippen molar-refractivity contribution in [1.29, 1.82) is 0 Å². The standard InChI is InChI=1S/C24H29N3O3S.ClH/c1-2-30-20-9-6-10-21-23(20)25-24(31-21)27(14-13-26-15-17-29-18-16-26)22(28)12-11-19-7-4-3-5-8-19;/h3-10H,2,11-18H2,1H3;1H. The molecule has 8 heteroatoms. The lowest BCUT2D eigenvalue weighted by atomic mass is 10.1. The molecular formula is C24H30ClN3O3S. The zero-order valence-electron chi connectivity index (χ0n) is 18.4. The van der Waals surface area contributed by atoms with E-state index >= 15 is 0 Å². The number of carbonyl (C=O) groups is 1. The minimum atomic E-state index is 0. The summed E-state index contributed by atoms with van der Waals surface area (Å²) in [6.45, 7) is 7.30. The molecule has 1 aromatic heterocycles. The molecule has 0 unspecified atom stereocenters. The lowest BCUT2D eigenvalue weighted by molar-refractivity contribution is -0.118. The van der Waals surface area contributed by atoms with Gasteiger partial charge in [-0.15, -0.1) is 12.4 Å². The van der Waals surface area contributed by atoms with Crippen molar-refractivity contribution in [3.05, 3.63) is 54.1 Å². The number of hydrogen-bond donors (Lipinski definition) is 0. The number of thiazole rings is 1. The number of nitrogens with zero attached hydrogens (tertiary/aromatic N) is 3. The second kappa shape index (κ2) is 12.2. The number of halogens is 1. The predicted molar refractivity (Wildman–Crippen MR) is 132 cm³/mol. The lowest BCUT2D eigenvalue weighted by Gasteiger charge is -2.29. The van der Waals surface area contributed by atoms with Gasteiger partial charge in [-0.1, -0.05) is 47.7 Å². The van der Waals surface area contributed by atoms with E-state index in [4.69, 9.17) is 14.5 Å². The fourth-order valence-corrected chi connectivity index (χ4v) is 4.75. The Balaban J connectivity index is 0.00000289. The molecule has 4 rings (SSSR count). The summed E-state index contributed by atoms with van der Waals surface area (Å²) in [6, 6.07) is 16.1. The summed E-state index contributed by atoms with van der Waals surface area (Å²) in [5, 5.41) is 0.744. The molecule has 0 aliphatic carbocycles. The van der Waals surface area contributed by atoms with Crippen LogP contribution in [-0.4, -0.2) is 61.8 Å². The smallest absolute Gasteiger partial charge is 0.229 e. The normalized spacial score (nSPS) is 14.2. The molecule has 2 aromatic carbocycles. The Morgan fingerprint density at radius 2 is 1.94 bits per heavy atom. The third-order valence-corrected chi connectivity index (χ3v) is 6.46. The largest absolute Gasteiger partial charge is 0.492 e. The Labute approximate surface area is 199 Å². The van der Waals surface area contributed by atoms with Crippen LogP contribution in [0.2, 0.25) is 0 Å². The van der Waals surface area contributed by atoms with Crippen LogP contribution in [0.4, 0.5) is 5.13 Å². The Hall–Kier alpha value is -2.19. The number of rotatable bonds is 9. The topological polar surface area (TPSA) is 54.9 Å². The SMILES string of the molecule is CCOc1cccc2sc(N(CCN3CCOCC3)C(=O)CCc3ccccc3)nc12.Cl. The molecule has 172 valence electrons. The highest BCUT2D eigenvalue weighted by atomic mass is 35.5. The molecule has 6 nitrogen and oxygen atoms in total. The van der Waals surface area contributed by atoms with Gasteiger partial charge in [-0.05, 0) is 31.0 Å². The molecule has 1 amide bonds. The van der Waals surface area contributed by atoms with Gasteiger partial charge in [0.1, 0.15) is 11.3 Å². The first-order valence-electron chi connectivity index (χ1n) is 10.9. The molecular weight excluding hydrogens is 446 g/mol. The molecule has 1 aliphatic rings. The number of benzene rings is 2. The number of amides is 1. The van der Waals surface area contributed by atoms with E-state index in [1.165, 1.54) is 5.56 Å². The van der Waals surface area contributed by atoms with Gasteiger partial charge < -0.3 is 9.47 Å². The molecule has 0 bridgehead atoms. The van der Waals surface area contributed by atoms with E-state index in [9.17, 15) is 4.79 Å². The molecule has 1 saturated heterocycles. The predicted octanol–water partition coefficient (Wildman–Crippen LogP) is 4.41. The van der Waals surface area contributed by atoms with Crippen LogP contribution in [0.1, 0.15) is 18.9 Å². The average Bonchev–Trinajstić information content (AvgIpc) is 3.24. The molecule has 1 fully saturated rings. The van der Waals surface area contributed by atoms with Crippen LogP contribution in [-0.2, 0) is 16.0 Å². The van der Waals surface area contributed by atoms with Gasteiger partial charge in [-0.2, -0.15) is 0 Å².